The lowest BCUT2D eigenvalue weighted by atomic mass is 9.92. The number of hydrogen-bond donors (Lipinski definition) is 1. The normalized spacial score (nSPS) is 11.5. The molecule has 32 heavy (non-hydrogen) atoms. The SMILES string of the molecule is CC(C)N(CC(=O)Nc1cc(C(C)(C)C)nn1-c1ccccc1)C(=O)c1ccc(Br)cc1. The summed E-state index contributed by atoms with van der Waals surface area (Å²) < 4.78 is 2.63. The van der Waals surface area contributed by atoms with E-state index in [1.54, 1.807) is 21.7 Å². The molecule has 0 aliphatic carbocycles. The lowest BCUT2D eigenvalue weighted by Gasteiger charge is -2.26. The van der Waals surface area contributed by atoms with Crippen molar-refractivity contribution in [1.82, 2.24) is 14.7 Å². The molecule has 0 radical (unpaired) electrons. The predicted octanol–water partition coefficient (Wildman–Crippen LogP) is 5.42. The first kappa shape index (κ1) is 23.7. The summed E-state index contributed by atoms with van der Waals surface area (Å²) >= 11 is 3.38. The Labute approximate surface area is 197 Å². The van der Waals surface area contributed by atoms with Gasteiger partial charge < -0.3 is 10.2 Å². The molecule has 3 rings (SSSR count). The van der Waals surface area contributed by atoms with Crippen LogP contribution in [0.3, 0.4) is 0 Å². The highest BCUT2D eigenvalue weighted by atomic mass is 79.9. The molecule has 0 fully saturated rings. The van der Waals surface area contributed by atoms with Gasteiger partial charge in [0, 0.05) is 27.6 Å². The molecule has 168 valence electrons. The number of carbonyl (C=O) groups is 2. The van der Waals surface area contributed by atoms with Gasteiger partial charge in [0.15, 0.2) is 0 Å². The van der Waals surface area contributed by atoms with Crippen molar-refractivity contribution in [2.24, 2.45) is 0 Å². The van der Waals surface area contributed by atoms with E-state index < -0.39 is 0 Å². The average molecular weight is 497 g/mol. The van der Waals surface area contributed by atoms with Crippen LogP contribution in [-0.4, -0.2) is 39.1 Å². The maximum Gasteiger partial charge on any atom is 0.254 e. The zero-order valence-corrected chi connectivity index (χ0v) is 20.7. The summed E-state index contributed by atoms with van der Waals surface area (Å²) in [5, 5.41) is 7.69. The maximum atomic E-state index is 13.0. The fraction of sp³-hybridized carbons (Fsp3) is 0.320. The Morgan fingerprint density at radius 2 is 1.69 bits per heavy atom. The van der Waals surface area contributed by atoms with Crippen LogP contribution in [0.4, 0.5) is 5.82 Å². The molecule has 0 spiro atoms. The van der Waals surface area contributed by atoms with E-state index in [1.165, 1.54) is 0 Å². The van der Waals surface area contributed by atoms with E-state index in [4.69, 9.17) is 5.10 Å². The van der Waals surface area contributed by atoms with Crippen LogP contribution in [0, 0.1) is 0 Å². The molecule has 0 aliphatic rings. The van der Waals surface area contributed by atoms with Gasteiger partial charge in [-0.2, -0.15) is 5.10 Å². The number of nitrogens with zero attached hydrogens (tertiary/aromatic N) is 3. The molecule has 0 aliphatic heterocycles. The fourth-order valence-corrected chi connectivity index (χ4v) is 3.45. The predicted molar refractivity (Wildman–Crippen MR) is 131 cm³/mol. The number of carbonyl (C=O) groups excluding carboxylic acids is 2. The zero-order valence-electron chi connectivity index (χ0n) is 19.1. The van der Waals surface area contributed by atoms with Crippen molar-refractivity contribution >= 4 is 33.6 Å². The maximum absolute atomic E-state index is 13.0. The molecular weight excluding hydrogens is 468 g/mol. The molecule has 1 aromatic heterocycles. The lowest BCUT2D eigenvalue weighted by Crippen LogP contribution is -2.42. The smallest absolute Gasteiger partial charge is 0.254 e. The van der Waals surface area contributed by atoms with Crippen LogP contribution < -0.4 is 5.32 Å². The minimum Gasteiger partial charge on any atom is -0.327 e. The van der Waals surface area contributed by atoms with Gasteiger partial charge in [-0.15, -0.1) is 0 Å². The Bertz CT molecular complexity index is 1080. The van der Waals surface area contributed by atoms with Crippen molar-refractivity contribution in [1.29, 1.82) is 0 Å². The first-order chi connectivity index (χ1) is 15.1. The van der Waals surface area contributed by atoms with Gasteiger partial charge in [-0.05, 0) is 50.2 Å². The van der Waals surface area contributed by atoms with Gasteiger partial charge in [-0.1, -0.05) is 54.9 Å². The molecule has 1 N–H and O–H groups in total. The summed E-state index contributed by atoms with van der Waals surface area (Å²) in [5.74, 6) is 0.113. The summed E-state index contributed by atoms with van der Waals surface area (Å²) in [6.45, 7) is 9.97. The molecule has 0 bridgehead atoms. The van der Waals surface area contributed by atoms with Crippen LogP contribution in [0.25, 0.3) is 5.69 Å². The molecule has 2 amide bonds. The second-order valence-electron chi connectivity index (χ2n) is 8.99. The number of aromatic nitrogens is 2. The molecule has 7 heteroatoms. The number of para-hydroxylation sites is 1. The van der Waals surface area contributed by atoms with E-state index >= 15 is 0 Å². The number of rotatable bonds is 6. The van der Waals surface area contributed by atoms with Crippen LogP contribution in [0.15, 0.2) is 65.1 Å². The van der Waals surface area contributed by atoms with Gasteiger partial charge in [-0.3, -0.25) is 9.59 Å². The van der Waals surface area contributed by atoms with Crippen LogP contribution in [0.5, 0.6) is 0 Å². The molecule has 3 aromatic rings. The van der Waals surface area contributed by atoms with Gasteiger partial charge in [0.1, 0.15) is 12.4 Å². The van der Waals surface area contributed by atoms with Crippen molar-refractivity contribution < 1.29 is 9.59 Å². The van der Waals surface area contributed by atoms with E-state index in [0.717, 1.165) is 15.9 Å². The Balaban J connectivity index is 1.84. The summed E-state index contributed by atoms with van der Waals surface area (Å²) in [5.41, 5.74) is 2.08. The fourth-order valence-electron chi connectivity index (χ4n) is 3.19. The average Bonchev–Trinajstić information content (AvgIpc) is 3.17. The van der Waals surface area contributed by atoms with Crippen LogP contribution in [-0.2, 0) is 10.2 Å². The van der Waals surface area contributed by atoms with Crippen LogP contribution in [0.1, 0.15) is 50.7 Å². The third-order valence-electron chi connectivity index (χ3n) is 5.04. The molecule has 0 atom stereocenters. The van der Waals surface area contributed by atoms with Crippen molar-refractivity contribution in [2.45, 2.75) is 46.1 Å². The summed E-state index contributed by atoms with van der Waals surface area (Å²) in [6, 6.07) is 18.6. The highest BCUT2D eigenvalue weighted by Crippen LogP contribution is 2.26. The van der Waals surface area contributed by atoms with Crippen LogP contribution >= 0.6 is 15.9 Å². The highest BCUT2D eigenvalue weighted by molar-refractivity contribution is 9.10. The van der Waals surface area contributed by atoms with E-state index in [9.17, 15) is 9.59 Å². The number of hydrogen-bond acceptors (Lipinski definition) is 3. The van der Waals surface area contributed by atoms with E-state index in [-0.39, 0.29) is 29.8 Å². The summed E-state index contributed by atoms with van der Waals surface area (Å²) in [7, 11) is 0. The molecule has 2 aromatic carbocycles. The van der Waals surface area contributed by atoms with Crippen molar-refractivity contribution in [3.8, 4) is 5.69 Å². The Morgan fingerprint density at radius 3 is 2.25 bits per heavy atom. The second kappa shape index (κ2) is 9.69. The second-order valence-corrected chi connectivity index (χ2v) is 9.91. The van der Waals surface area contributed by atoms with Crippen LogP contribution in [0.2, 0.25) is 0 Å². The first-order valence-electron chi connectivity index (χ1n) is 10.6. The number of nitrogens with one attached hydrogen (secondary N) is 1. The first-order valence-corrected chi connectivity index (χ1v) is 11.4. The van der Waals surface area contributed by atoms with Gasteiger partial charge >= 0.3 is 0 Å². The standard InChI is InChI=1S/C25H29BrN4O2/c1-17(2)29(24(32)18-11-13-19(26)14-12-18)16-23(31)27-22-15-21(25(3,4)5)28-30(22)20-9-7-6-8-10-20/h6-15,17H,16H2,1-5H3,(H,27,31). The molecule has 0 saturated carbocycles. The number of benzene rings is 2. The Kier molecular flexibility index (Phi) is 7.19. The van der Waals surface area contributed by atoms with Crippen molar-refractivity contribution in [3.05, 3.63) is 76.4 Å². The third-order valence-corrected chi connectivity index (χ3v) is 5.56. The van der Waals surface area contributed by atoms with Crippen molar-refractivity contribution in [3.63, 3.8) is 0 Å². The van der Waals surface area contributed by atoms with E-state index in [1.807, 2.05) is 62.4 Å². The zero-order chi connectivity index (χ0) is 23.5. The molecule has 0 saturated heterocycles. The molecular formula is C25H29BrN4O2. The quantitative estimate of drug-likeness (QED) is 0.495. The van der Waals surface area contributed by atoms with Crippen molar-refractivity contribution in [2.75, 3.05) is 11.9 Å². The number of amides is 2. The third kappa shape index (κ3) is 5.65. The van der Waals surface area contributed by atoms with Gasteiger partial charge in [0.25, 0.3) is 5.91 Å². The Hall–Kier alpha value is -2.93. The van der Waals surface area contributed by atoms with Gasteiger partial charge in [0.2, 0.25) is 5.91 Å². The van der Waals surface area contributed by atoms with E-state index in [2.05, 4.69) is 42.0 Å². The molecule has 6 nitrogen and oxygen atoms in total. The minimum atomic E-state index is -0.276. The monoisotopic (exact) mass is 496 g/mol. The number of halogens is 1. The number of anilines is 1. The molecule has 0 unspecified atom stereocenters. The van der Waals surface area contributed by atoms with E-state index in [0.29, 0.717) is 11.4 Å². The largest absolute Gasteiger partial charge is 0.327 e. The highest BCUT2D eigenvalue weighted by Gasteiger charge is 2.24. The van der Waals surface area contributed by atoms with Gasteiger partial charge in [0.05, 0.1) is 11.4 Å². The summed E-state index contributed by atoms with van der Waals surface area (Å²) in [4.78, 5) is 27.6. The minimum absolute atomic E-state index is 0.0581. The van der Waals surface area contributed by atoms with Gasteiger partial charge in [-0.25, -0.2) is 4.68 Å². The lowest BCUT2D eigenvalue weighted by molar-refractivity contribution is -0.117. The molecule has 1 heterocycles. The Morgan fingerprint density at radius 1 is 1.06 bits per heavy atom. The summed E-state index contributed by atoms with van der Waals surface area (Å²) in [6.07, 6.45) is 0. The topological polar surface area (TPSA) is 67.2 Å².